The summed E-state index contributed by atoms with van der Waals surface area (Å²) in [6.07, 6.45) is 2.20. The number of nitrogens with one attached hydrogen (secondary N) is 1. The van der Waals surface area contributed by atoms with Gasteiger partial charge in [0.1, 0.15) is 0 Å². The van der Waals surface area contributed by atoms with Gasteiger partial charge in [-0.3, -0.25) is 4.79 Å². The molecule has 0 saturated carbocycles. The third-order valence-corrected chi connectivity index (χ3v) is 8.26. The standard InChI is InChI=1S/C29H37NO3Si/c1-23(2)33-34(3,4)22-8-21-32-29(31)20-13-24-11-16-27(17-12-24)30-28-18-14-26(15-19-28)25-9-6-5-7-10-25/h5-7,9-12,14-19,23,30H,8,13,20-22H2,1-4H3. The smallest absolute Gasteiger partial charge is 0.306 e. The summed E-state index contributed by atoms with van der Waals surface area (Å²) in [5.41, 5.74) is 5.60. The first-order valence-corrected chi connectivity index (χ1v) is 15.3. The Morgan fingerprint density at radius 3 is 2.06 bits per heavy atom. The van der Waals surface area contributed by atoms with Gasteiger partial charge in [-0.1, -0.05) is 54.6 Å². The van der Waals surface area contributed by atoms with Gasteiger partial charge in [0, 0.05) is 23.9 Å². The Morgan fingerprint density at radius 2 is 1.44 bits per heavy atom. The molecule has 0 aromatic heterocycles. The van der Waals surface area contributed by atoms with Crippen LogP contribution in [0.5, 0.6) is 0 Å². The second kappa shape index (κ2) is 12.5. The second-order valence-corrected chi connectivity index (χ2v) is 13.8. The maximum atomic E-state index is 12.1. The molecule has 3 aromatic carbocycles. The van der Waals surface area contributed by atoms with E-state index in [2.05, 4.69) is 92.9 Å². The van der Waals surface area contributed by atoms with Crippen LogP contribution in [0.25, 0.3) is 11.1 Å². The van der Waals surface area contributed by atoms with Crippen LogP contribution >= 0.6 is 0 Å². The van der Waals surface area contributed by atoms with E-state index in [0.717, 1.165) is 29.4 Å². The number of ether oxygens (including phenoxy) is 1. The van der Waals surface area contributed by atoms with Crippen molar-refractivity contribution < 1.29 is 14.0 Å². The first-order valence-electron chi connectivity index (χ1n) is 12.2. The molecule has 0 saturated heterocycles. The minimum absolute atomic E-state index is 0.134. The fourth-order valence-electron chi connectivity index (χ4n) is 4.00. The number of anilines is 2. The predicted octanol–water partition coefficient (Wildman–Crippen LogP) is 7.59. The topological polar surface area (TPSA) is 47.6 Å². The van der Waals surface area contributed by atoms with Crippen molar-refractivity contribution in [2.24, 2.45) is 0 Å². The Hall–Kier alpha value is -2.89. The molecule has 0 unspecified atom stereocenters. The van der Waals surface area contributed by atoms with E-state index >= 15 is 0 Å². The molecule has 0 fully saturated rings. The summed E-state index contributed by atoms with van der Waals surface area (Å²) in [5.74, 6) is -0.134. The molecule has 0 spiro atoms. The van der Waals surface area contributed by atoms with Crippen molar-refractivity contribution in [3.8, 4) is 11.1 Å². The van der Waals surface area contributed by atoms with Crippen LogP contribution in [-0.2, 0) is 20.4 Å². The van der Waals surface area contributed by atoms with Crippen LogP contribution in [0.2, 0.25) is 19.1 Å². The summed E-state index contributed by atoms with van der Waals surface area (Å²) >= 11 is 0. The Bertz CT molecular complexity index is 1020. The van der Waals surface area contributed by atoms with Gasteiger partial charge in [-0.15, -0.1) is 0 Å². The van der Waals surface area contributed by atoms with Crippen molar-refractivity contribution in [1.29, 1.82) is 0 Å². The summed E-state index contributed by atoms with van der Waals surface area (Å²) in [4.78, 5) is 12.1. The van der Waals surface area contributed by atoms with E-state index in [1.54, 1.807) is 0 Å². The molecule has 0 atom stereocenters. The zero-order chi connectivity index (χ0) is 24.4. The highest BCUT2D eigenvalue weighted by atomic mass is 28.4. The molecule has 3 aromatic rings. The van der Waals surface area contributed by atoms with Crippen molar-refractivity contribution in [1.82, 2.24) is 0 Å². The van der Waals surface area contributed by atoms with Crippen LogP contribution in [-0.4, -0.2) is 27.0 Å². The minimum Gasteiger partial charge on any atom is -0.466 e. The molecule has 5 heteroatoms. The number of hydrogen-bond acceptors (Lipinski definition) is 4. The lowest BCUT2D eigenvalue weighted by Crippen LogP contribution is -2.33. The fourth-order valence-corrected chi connectivity index (χ4v) is 6.39. The number of carbonyl (C=O) groups is 1. The van der Waals surface area contributed by atoms with Gasteiger partial charge in [-0.25, -0.2) is 0 Å². The predicted molar refractivity (Wildman–Crippen MR) is 144 cm³/mol. The summed E-state index contributed by atoms with van der Waals surface area (Å²) < 4.78 is 11.4. The summed E-state index contributed by atoms with van der Waals surface area (Å²) in [6.45, 7) is 9.05. The number of aryl methyl sites for hydroxylation is 1. The lowest BCUT2D eigenvalue weighted by Gasteiger charge is -2.25. The van der Waals surface area contributed by atoms with Crippen LogP contribution in [0.3, 0.4) is 0 Å². The molecular formula is C29H37NO3Si. The van der Waals surface area contributed by atoms with Crippen molar-refractivity contribution >= 4 is 25.7 Å². The Kier molecular flexibility index (Phi) is 9.49. The molecule has 0 radical (unpaired) electrons. The molecule has 0 aliphatic rings. The molecule has 0 amide bonds. The number of rotatable bonds is 12. The first kappa shape index (κ1) is 25.7. The van der Waals surface area contributed by atoms with Crippen molar-refractivity contribution in [2.45, 2.75) is 58.4 Å². The SMILES string of the molecule is CC(C)O[Si](C)(C)CCCOC(=O)CCc1ccc(Nc2ccc(-c3ccccc3)cc2)cc1. The monoisotopic (exact) mass is 475 g/mol. The molecule has 0 heterocycles. The first-order chi connectivity index (χ1) is 16.3. The van der Waals surface area contributed by atoms with Crippen molar-refractivity contribution in [3.63, 3.8) is 0 Å². The lowest BCUT2D eigenvalue weighted by molar-refractivity contribution is -0.143. The van der Waals surface area contributed by atoms with Crippen LogP contribution in [0.1, 0.15) is 32.3 Å². The van der Waals surface area contributed by atoms with Gasteiger partial charge in [-0.2, -0.15) is 0 Å². The maximum Gasteiger partial charge on any atom is 0.306 e. The Labute approximate surface area is 205 Å². The fraction of sp³-hybridized carbons (Fsp3) is 0.345. The third kappa shape index (κ3) is 8.80. The quantitative estimate of drug-likeness (QED) is 0.166. The van der Waals surface area contributed by atoms with Crippen LogP contribution in [0.4, 0.5) is 11.4 Å². The zero-order valence-electron chi connectivity index (χ0n) is 20.8. The van der Waals surface area contributed by atoms with Crippen LogP contribution in [0.15, 0.2) is 78.9 Å². The average molecular weight is 476 g/mol. The minimum atomic E-state index is -1.66. The highest BCUT2D eigenvalue weighted by Gasteiger charge is 2.23. The molecule has 0 bridgehead atoms. The van der Waals surface area contributed by atoms with E-state index < -0.39 is 8.32 Å². The molecule has 3 rings (SSSR count). The number of benzene rings is 3. The van der Waals surface area contributed by atoms with Gasteiger partial charge in [0.05, 0.1) is 6.61 Å². The highest BCUT2D eigenvalue weighted by Crippen LogP contribution is 2.23. The van der Waals surface area contributed by atoms with E-state index in [0.29, 0.717) is 19.4 Å². The van der Waals surface area contributed by atoms with Gasteiger partial charge in [0.25, 0.3) is 0 Å². The normalized spacial score (nSPS) is 11.4. The average Bonchev–Trinajstić information content (AvgIpc) is 2.82. The molecule has 0 aliphatic heterocycles. The molecule has 0 aliphatic carbocycles. The van der Waals surface area contributed by atoms with Gasteiger partial charge >= 0.3 is 5.97 Å². The van der Waals surface area contributed by atoms with E-state index in [4.69, 9.17) is 9.16 Å². The van der Waals surface area contributed by atoms with E-state index in [1.165, 1.54) is 11.1 Å². The Balaban J connectivity index is 1.39. The number of esters is 1. The van der Waals surface area contributed by atoms with Crippen LogP contribution < -0.4 is 5.32 Å². The van der Waals surface area contributed by atoms with Crippen molar-refractivity contribution in [2.75, 3.05) is 11.9 Å². The molecular weight excluding hydrogens is 438 g/mol. The second-order valence-electron chi connectivity index (χ2n) is 9.52. The highest BCUT2D eigenvalue weighted by molar-refractivity contribution is 6.71. The van der Waals surface area contributed by atoms with Crippen LogP contribution in [0, 0.1) is 0 Å². The molecule has 180 valence electrons. The number of carbonyl (C=O) groups excluding carboxylic acids is 1. The summed E-state index contributed by atoms with van der Waals surface area (Å²) in [6, 6.07) is 28.0. The maximum absolute atomic E-state index is 12.1. The third-order valence-electron chi connectivity index (χ3n) is 5.59. The summed E-state index contributed by atoms with van der Waals surface area (Å²) in [7, 11) is -1.66. The zero-order valence-corrected chi connectivity index (χ0v) is 21.8. The molecule has 1 N–H and O–H groups in total. The summed E-state index contributed by atoms with van der Waals surface area (Å²) in [5, 5.41) is 3.43. The van der Waals surface area contributed by atoms with E-state index in [1.807, 2.05) is 18.2 Å². The van der Waals surface area contributed by atoms with Crippen molar-refractivity contribution in [3.05, 3.63) is 84.4 Å². The Morgan fingerprint density at radius 1 is 0.853 bits per heavy atom. The van der Waals surface area contributed by atoms with Gasteiger partial charge in [-0.05, 0) is 86.8 Å². The van der Waals surface area contributed by atoms with E-state index in [9.17, 15) is 4.79 Å². The molecule has 34 heavy (non-hydrogen) atoms. The van der Waals surface area contributed by atoms with E-state index in [-0.39, 0.29) is 12.1 Å². The van der Waals surface area contributed by atoms with Gasteiger partial charge in [0.15, 0.2) is 8.32 Å². The van der Waals surface area contributed by atoms with Gasteiger partial charge in [0.2, 0.25) is 0 Å². The number of hydrogen-bond donors (Lipinski definition) is 1. The molecule has 4 nitrogen and oxygen atoms in total. The van der Waals surface area contributed by atoms with Gasteiger partial charge < -0.3 is 14.5 Å². The largest absolute Gasteiger partial charge is 0.466 e. The lowest BCUT2D eigenvalue weighted by atomic mass is 10.1.